The molecule has 1 saturated heterocycles. The van der Waals surface area contributed by atoms with Crippen LogP contribution in [0.1, 0.15) is 18.4 Å². The van der Waals surface area contributed by atoms with E-state index in [1.54, 1.807) is 0 Å². The van der Waals surface area contributed by atoms with Gasteiger partial charge in [-0.1, -0.05) is 15.9 Å². The Hall–Kier alpha value is -0.680. The molecule has 0 aromatic carbocycles. The third kappa shape index (κ3) is 3.16. The van der Waals surface area contributed by atoms with Gasteiger partial charge < -0.3 is 9.80 Å². The van der Waals surface area contributed by atoms with E-state index in [-0.39, 0.29) is 0 Å². The number of hydrogen-bond donors (Lipinski definition) is 0. The molecule has 0 N–H and O–H groups in total. The number of halogens is 1. The van der Waals surface area contributed by atoms with Gasteiger partial charge in [0.2, 0.25) is 5.95 Å². The van der Waals surface area contributed by atoms with Crippen LogP contribution in [0.25, 0.3) is 0 Å². The molecule has 0 spiro atoms. The van der Waals surface area contributed by atoms with Crippen LogP contribution in [-0.2, 0) is 5.33 Å². The Balaban J connectivity index is 1.96. The van der Waals surface area contributed by atoms with Crippen molar-refractivity contribution in [3.05, 3.63) is 18.0 Å². The molecule has 0 radical (unpaired) electrons. The van der Waals surface area contributed by atoms with Gasteiger partial charge in [0.25, 0.3) is 0 Å². The number of likely N-dealkylation sites (N-methyl/N-ethyl adjacent to an activating group) is 2. The second kappa shape index (κ2) is 5.78. The molecule has 1 aliphatic heterocycles. The van der Waals surface area contributed by atoms with Gasteiger partial charge in [0.05, 0.1) is 0 Å². The Morgan fingerprint density at radius 3 is 2.71 bits per heavy atom. The van der Waals surface area contributed by atoms with E-state index in [1.807, 2.05) is 12.4 Å². The number of anilines is 1. The van der Waals surface area contributed by atoms with Crippen LogP contribution >= 0.6 is 15.9 Å². The van der Waals surface area contributed by atoms with Gasteiger partial charge in [0.1, 0.15) is 0 Å². The molecule has 0 saturated carbocycles. The van der Waals surface area contributed by atoms with Gasteiger partial charge in [-0.15, -0.1) is 0 Å². The standard InChI is InChI=1S/C12H19BrN4/c1-16-5-3-4-11(16)9-17(2)12-14-7-10(6-13)8-15-12/h7-8,11H,3-6,9H2,1-2H3. The monoisotopic (exact) mass is 298 g/mol. The molecule has 1 fully saturated rings. The molecule has 5 heteroatoms. The van der Waals surface area contributed by atoms with E-state index in [2.05, 4.69) is 49.8 Å². The summed E-state index contributed by atoms with van der Waals surface area (Å²) in [6, 6.07) is 0.638. The number of hydrogen-bond acceptors (Lipinski definition) is 4. The Bertz CT molecular complexity index is 354. The highest BCUT2D eigenvalue weighted by atomic mass is 79.9. The van der Waals surface area contributed by atoms with Crippen LogP contribution in [0.3, 0.4) is 0 Å². The van der Waals surface area contributed by atoms with Crippen LogP contribution in [-0.4, -0.2) is 48.1 Å². The fourth-order valence-electron chi connectivity index (χ4n) is 2.22. The maximum absolute atomic E-state index is 4.38. The first-order valence-corrected chi connectivity index (χ1v) is 7.11. The molecule has 1 unspecified atom stereocenters. The number of aromatic nitrogens is 2. The Morgan fingerprint density at radius 2 is 2.18 bits per heavy atom. The molecule has 0 aliphatic carbocycles. The average molecular weight is 299 g/mol. The maximum atomic E-state index is 4.38. The lowest BCUT2D eigenvalue weighted by Gasteiger charge is -2.25. The van der Waals surface area contributed by atoms with E-state index in [4.69, 9.17) is 0 Å². The highest BCUT2D eigenvalue weighted by molar-refractivity contribution is 9.08. The van der Waals surface area contributed by atoms with E-state index in [9.17, 15) is 0 Å². The first-order valence-electron chi connectivity index (χ1n) is 5.99. The van der Waals surface area contributed by atoms with Crippen LogP contribution in [0.15, 0.2) is 12.4 Å². The first-order chi connectivity index (χ1) is 8.20. The minimum atomic E-state index is 0.638. The zero-order valence-electron chi connectivity index (χ0n) is 10.4. The average Bonchev–Trinajstić information content (AvgIpc) is 2.75. The Labute approximate surface area is 111 Å². The minimum Gasteiger partial charge on any atom is -0.342 e. The number of nitrogens with zero attached hydrogens (tertiary/aromatic N) is 4. The quantitative estimate of drug-likeness (QED) is 0.795. The third-order valence-corrected chi connectivity index (χ3v) is 3.99. The van der Waals surface area contributed by atoms with Crippen molar-refractivity contribution in [2.45, 2.75) is 24.2 Å². The van der Waals surface area contributed by atoms with Crippen molar-refractivity contribution in [2.75, 3.05) is 32.1 Å². The Kier molecular flexibility index (Phi) is 4.34. The van der Waals surface area contributed by atoms with Crippen molar-refractivity contribution in [3.63, 3.8) is 0 Å². The molecule has 1 aliphatic rings. The van der Waals surface area contributed by atoms with Crippen molar-refractivity contribution in [1.29, 1.82) is 0 Å². The van der Waals surface area contributed by atoms with Crippen molar-refractivity contribution in [3.8, 4) is 0 Å². The van der Waals surface area contributed by atoms with E-state index in [1.165, 1.54) is 19.4 Å². The van der Waals surface area contributed by atoms with Crippen LogP contribution in [0.4, 0.5) is 5.95 Å². The lowest BCUT2D eigenvalue weighted by molar-refractivity contribution is 0.313. The fraction of sp³-hybridized carbons (Fsp3) is 0.667. The SMILES string of the molecule is CN(CC1CCCN1C)c1ncc(CBr)cn1. The third-order valence-electron chi connectivity index (χ3n) is 3.34. The predicted octanol–water partition coefficient (Wildman–Crippen LogP) is 1.90. The highest BCUT2D eigenvalue weighted by Crippen LogP contribution is 2.17. The van der Waals surface area contributed by atoms with Crippen molar-refractivity contribution in [2.24, 2.45) is 0 Å². The summed E-state index contributed by atoms with van der Waals surface area (Å²) in [5.41, 5.74) is 1.11. The summed E-state index contributed by atoms with van der Waals surface area (Å²) in [4.78, 5) is 13.3. The van der Waals surface area contributed by atoms with Crippen LogP contribution in [0, 0.1) is 0 Å². The van der Waals surface area contributed by atoms with Crippen LogP contribution in [0.5, 0.6) is 0 Å². The molecule has 0 amide bonds. The number of alkyl halides is 1. The molecular formula is C12H19BrN4. The van der Waals surface area contributed by atoms with Gasteiger partial charge in [-0.3, -0.25) is 0 Å². The number of likely N-dealkylation sites (tertiary alicyclic amines) is 1. The fourth-order valence-corrected chi connectivity index (χ4v) is 2.51. The molecule has 1 aromatic heterocycles. The molecule has 1 atom stereocenters. The summed E-state index contributed by atoms with van der Waals surface area (Å²) in [5.74, 6) is 0.815. The normalized spacial score (nSPS) is 20.8. The second-order valence-corrected chi connectivity index (χ2v) is 5.24. The maximum Gasteiger partial charge on any atom is 0.225 e. The van der Waals surface area contributed by atoms with E-state index in [0.717, 1.165) is 23.4 Å². The van der Waals surface area contributed by atoms with Gasteiger partial charge in [-0.25, -0.2) is 9.97 Å². The minimum absolute atomic E-state index is 0.638. The molecule has 2 rings (SSSR count). The summed E-state index contributed by atoms with van der Waals surface area (Å²) in [6.45, 7) is 2.21. The van der Waals surface area contributed by atoms with Crippen molar-refractivity contribution in [1.82, 2.24) is 14.9 Å². The zero-order valence-corrected chi connectivity index (χ0v) is 12.0. The van der Waals surface area contributed by atoms with Gasteiger partial charge >= 0.3 is 0 Å². The molecule has 94 valence electrons. The Morgan fingerprint density at radius 1 is 1.47 bits per heavy atom. The summed E-state index contributed by atoms with van der Waals surface area (Å²) in [5, 5.41) is 0.808. The number of rotatable bonds is 4. The smallest absolute Gasteiger partial charge is 0.225 e. The van der Waals surface area contributed by atoms with Crippen LogP contribution < -0.4 is 4.90 Å². The van der Waals surface area contributed by atoms with Gasteiger partial charge in [0, 0.05) is 37.4 Å². The molecule has 17 heavy (non-hydrogen) atoms. The molecule has 1 aromatic rings. The van der Waals surface area contributed by atoms with Gasteiger partial charge in [-0.05, 0) is 32.0 Å². The summed E-state index contributed by atoms with van der Waals surface area (Å²) in [6.07, 6.45) is 6.34. The van der Waals surface area contributed by atoms with E-state index >= 15 is 0 Å². The van der Waals surface area contributed by atoms with Crippen LogP contribution in [0.2, 0.25) is 0 Å². The van der Waals surface area contributed by atoms with E-state index < -0.39 is 0 Å². The molecule has 0 bridgehead atoms. The topological polar surface area (TPSA) is 32.3 Å². The first kappa shape index (κ1) is 12.8. The lowest BCUT2D eigenvalue weighted by atomic mass is 10.2. The second-order valence-electron chi connectivity index (χ2n) is 4.68. The van der Waals surface area contributed by atoms with Gasteiger partial charge in [-0.2, -0.15) is 0 Å². The highest BCUT2D eigenvalue weighted by Gasteiger charge is 2.22. The van der Waals surface area contributed by atoms with Crippen molar-refractivity contribution >= 4 is 21.9 Å². The zero-order chi connectivity index (χ0) is 12.3. The summed E-state index contributed by atoms with van der Waals surface area (Å²) >= 11 is 3.40. The summed E-state index contributed by atoms with van der Waals surface area (Å²) < 4.78 is 0. The lowest BCUT2D eigenvalue weighted by Crippen LogP contribution is -2.37. The molecule has 2 heterocycles. The predicted molar refractivity (Wildman–Crippen MR) is 73.6 cm³/mol. The largest absolute Gasteiger partial charge is 0.342 e. The van der Waals surface area contributed by atoms with Gasteiger partial charge in [0.15, 0.2) is 0 Å². The van der Waals surface area contributed by atoms with E-state index in [0.29, 0.717) is 6.04 Å². The molecular weight excluding hydrogens is 280 g/mol. The summed E-state index contributed by atoms with van der Waals surface area (Å²) in [7, 11) is 4.26. The molecule has 4 nitrogen and oxygen atoms in total. The van der Waals surface area contributed by atoms with Crippen molar-refractivity contribution < 1.29 is 0 Å².